The highest BCUT2D eigenvalue weighted by molar-refractivity contribution is 5.54. The fourth-order valence-corrected chi connectivity index (χ4v) is 2.39. The van der Waals surface area contributed by atoms with Gasteiger partial charge < -0.3 is 10.1 Å². The molecule has 16 heavy (non-hydrogen) atoms. The summed E-state index contributed by atoms with van der Waals surface area (Å²) < 4.78 is 2.24. The van der Waals surface area contributed by atoms with Gasteiger partial charge in [-0.3, -0.25) is 0 Å². The maximum absolute atomic E-state index is 5.75. The molecule has 3 heteroatoms. The average molecular weight is 215 g/mol. The van der Waals surface area contributed by atoms with Gasteiger partial charge in [-0.05, 0) is 31.4 Å². The molecule has 1 fully saturated rings. The van der Waals surface area contributed by atoms with Crippen molar-refractivity contribution < 1.29 is 0 Å². The number of fused-ring (bicyclic) bond motifs is 1. The number of aryl methyl sites for hydroxylation is 1. The third-order valence-electron chi connectivity index (χ3n) is 3.55. The van der Waals surface area contributed by atoms with Crippen LogP contribution in [-0.2, 0) is 6.54 Å². The van der Waals surface area contributed by atoms with Crippen molar-refractivity contribution in [1.82, 2.24) is 9.38 Å². The smallest absolute Gasteiger partial charge is 0.116 e. The zero-order valence-electron chi connectivity index (χ0n) is 9.61. The molecule has 0 radical (unpaired) electrons. The van der Waals surface area contributed by atoms with Gasteiger partial charge in [0.25, 0.3) is 0 Å². The van der Waals surface area contributed by atoms with Gasteiger partial charge in [0.15, 0.2) is 0 Å². The first-order valence-corrected chi connectivity index (χ1v) is 5.97. The van der Waals surface area contributed by atoms with Crippen molar-refractivity contribution in [1.29, 1.82) is 0 Å². The van der Waals surface area contributed by atoms with Crippen molar-refractivity contribution >= 4 is 5.52 Å². The number of imidazole rings is 1. The zero-order chi connectivity index (χ0) is 11.1. The van der Waals surface area contributed by atoms with Crippen LogP contribution in [0.3, 0.4) is 0 Å². The monoisotopic (exact) mass is 215 g/mol. The van der Waals surface area contributed by atoms with Gasteiger partial charge in [-0.25, -0.2) is 4.98 Å². The highest BCUT2D eigenvalue weighted by Crippen LogP contribution is 2.36. The summed E-state index contributed by atoms with van der Waals surface area (Å²) >= 11 is 0. The normalized spacial score (nSPS) is 16.6. The van der Waals surface area contributed by atoms with Crippen LogP contribution in [0.15, 0.2) is 18.3 Å². The van der Waals surface area contributed by atoms with Crippen molar-refractivity contribution in [2.24, 2.45) is 5.73 Å². The fraction of sp³-hybridized carbons (Fsp3) is 0.462. The minimum atomic E-state index is 0.527. The van der Waals surface area contributed by atoms with Gasteiger partial charge in [-0.2, -0.15) is 0 Å². The second-order valence-corrected chi connectivity index (χ2v) is 4.71. The van der Waals surface area contributed by atoms with Crippen LogP contribution in [0.1, 0.15) is 42.3 Å². The molecule has 3 nitrogen and oxygen atoms in total. The quantitative estimate of drug-likeness (QED) is 0.835. The molecule has 2 heterocycles. The molecule has 0 saturated heterocycles. The van der Waals surface area contributed by atoms with Crippen LogP contribution < -0.4 is 5.73 Å². The molecule has 2 N–H and O–H groups in total. The average Bonchev–Trinajstić information content (AvgIpc) is 2.54. The predicted molar refractivity (Wildman–Crippen MR) is 64.4 cm³/mol. The molecule has 0 aromatic carbocycles. The van der Waals surface area contributed by atoms with Crippen LogP contribution in [-0.4, -0.2) is 9.38 Å². The van der Waals surface area contributed by atoms with Crippen LogP contribution in [0, 0.1) is 6.92 Å². The Morgan fingerprint density at radius 3 is 2.88 bits per heavy atom. The lowest BCUT2D eigenvalue weighted by atomic mass is 9.85. The molecular formula is C13H17N3. The molecule has 0 spiro atoms. The first-order chi connectivity index (χ1) is 7.79. The van der Waals surface area contributed by atoms with E-state index in [1.165, 1.54) is 36.2 Å². The van der Waals surface area contributed by atoms with E-state index >= 15 is 0 Å². The summed E-state index contributed by atoms with van der Waals surface area (Å²) in [7, 11) is 0. The van der Waals surface area contributed by atoms with Crippen LogP contribution >= 0.6 is 0 Å². The molecule has 0 unspecified atom stereocenters. The number of hydrogen-bond acceptors (Lipinski definition) is 2. The summed E-state index contributed by atoms with van der Waals surface area (Å²) in [4.78, 5) is 4.71. The van der Waals surface area contributed by atoms with Crippen LogP contribution in [0.25, 0.3) is 5.52 Å². The Kier molecular flexibility index (Phi) is 2.21. The number of nitrogens with two attached hydrogens (primary N) is 1. The first-order valence-electron chi connectivity index (χ1n) is 5.97. The van der Waals surface area contributed by atoms with Gasteiger partial charge in [0, 0.05) is 18.7 Å². The molecule has 1 aliphatic carbocycles. The van der Waals surface area contributed by atoms with E-state index in [1.807, 2.05) is 0 Å². The minimum absolute atomic E-state index is 0.527. The van der Waals surface area contributed by atoms with Gasteiger partial charge in [-0.1, -0.05) is 12.5 Å². The van der Waals surface area contributed by atoms with Gasteiger partial charge >= 0.3 is 0 Å². The molecule has 0 amide bonds. The summed E-state index contributed by atoms with van der Waals surface area (Å²) in [5.74, 6) is 1.86. The third kappa shape index (κ3) is 1.35. The van der Waals surface area contributed by atoms with E-state index in [4.69, 9.17) is 10.7 Å². The molecule has 2 aromatic rings. The largest absolute Gasteiger partial charge is 0.325 e. The molecule has 2 aromatic heterocycles. The second kappa shape index (κ2) is 3.59. The molecule has 84 valence electrons. The number of hydrogen-bond donors (Lipinski definition) is 1. The van der Waals surface area contributed by atoms with Crippen molar-refractivity contribution in [3.05, 3.63) is 35.4 Å². The Balaban J connectivity index is 2.22. The Hall–Kier alpha value is -1.35. The van der Waals surface area contributed by atoms with Crippen molar-refractivity contribution in [3.8, 4) is 0 Å². The van der Waals surface area contributed by atoms with E-state index in [0.29, 0.717) is 12.5 Å². The summed E-state index contributed by atoms with van der Waals surface area (Å²) in [6.07, 6.45) is 6.06. The number of pyridine rings is 1. The zero-order valence-corrected chi connectivity index (χ0v) is 9.61. The standard InChI is InChI=1S/C13H17N3/c1-9-5-6-12-11(7-14)15-13(16(12)8-9)10-3-2-4-10/h5-6,8,10H,2-4,7,14H2,1H3. The molecule has 3 rings (SSSR count). The summed E-state index contributed by atoms with van der Waals surface area (Å²) in [5.41, 5.74) is 9.23. The Bertz CT molecular complexity index is 523. The maximum Gasteiger partial charge on any atom is 0.116 e. The predicted octanol–water partition coefficient (Wildman–Crippen LogP) is 2.37. The Labute approximate surface area is 95.3 Å². The second-order valence-electron chi connectivity index (χ2n) is 4.71. The maximum atomic E-state index is 5.75. The van der Waals surface area contributed by atoms with Crippen molar-refractivity contribution in [3.63, 3.8) is 0 Å². The third-order valence-corrected chi connectivity index (χ3v) is 3.55. The van der Waals surface area contributed by atoms with Crippen molar-refractivity contribution in [2.75, 3.05) is 0 Å². The Morgan fingerprint density at radius 2 is 2.25 bits per heavy atom. The van der Waals surface area contributed by atoms with E-state index in [2.05, 4.69) is 29.7 Å². The lowest BCUT2D eigenvalue weighted by Gasteiger charge is -2.24. The summed E-state index contributed by atoms with van der Waals surface area (Å²) in [6, 6.07) is 4.26. The number of rotatable bonds is 2. The lowest BCUT2D eigenvalue weighted by Crippen LogP contribution is -2.12. The van der Waals surface area contributed by atoms with Gasteiger partial charge in [0.2, 0.25) is 0 Å². The van der Waals surface area contributed by atoms with Gasteiger partial charge in [-0.15, -0.1) is 0 Å². The molecule has 0 aliphatic heterocycles. The fourth-order valence-electron chi connectivity index (χ4n) is 2.39. The van der Waals surface area contributed by atoms with Gasteiger partial charge in [0.1, 0.15) is 5.82 Å². The van der Waals surface area contributed by atoms with E-state index in [0.717, 1.165) is 5.69 Å². The topological polar surface area (TPSA) is 43.3 Å². The molecule has 1 aliphatic rings. The summed E-state index contributed by atoms with van der Waals surface area (Å²) in [6.45, 7) is 2.64. The highest BCUT2D eigenvalue weighted by atomic mass is 15.0. The van der Waals surface area contributed by atoms with E-state index < -0.39 is 0 Å². The minimum Gasteiger partial charge on any atom is -0.325 e. The Morgan fingerprint density at radius 1 is 1.44 bits per heavy atom. The molecular weight excluding hydrogens is 198 g/mol. The van der Waals surface area contributed by atoms with Crippen LogP contribution in [0.2, 0.25) is 0 Å². The van der Waals surface area contributed by atoms with Crippen molar-refractivity contribution in [2.45, 2.75) is 38.6 Å². The van der Waals surface area contributed by atoms with E-state index in [9.17, 15) is 0 Å². The SMILES string of the molecule is Cc1ccc2c(CN)nc(C3CCC3)n2c1. The molecule has 1 saturated carbocycles. The van der Waals surface area contributed by atoms with Crippen LogP contribution in [0.4, 0.5) is 0 Å². The molecule has 0 bridgehead atoms. The van der Waals surface area contributed by atoms with E-state index in [1.54, 1.807) is 0 Å². The lowest BCUT2D eigenvalue weighted by molar-refractivity contribution is 0.400. The first kappa shape index (κ1) is 9.85. The number of nitrogens with zero attached hydrogens (tertiary/aromatic N) is 2. The van der Waals surface area contributed by atoms with E-state index in [-0.39, 0.29) is 0 Å². The van der Waals surface area contributed by atoms with Gasteiger partial charge in [0.05, 0.1) is 11.2 Å². The molecule has 0 atom stereocenters. The number of aromatic nitrogens is 2. The highest BCUT2D eigenvalue weighted by Gasteiger charge is 2.25. The van der Waals surface area contributed by atoms with Crippen LogP contribution in [0.5, 0.6) is 0 Å². The summed E-state index contributed by atoms with van der Waals surface area (Å²) in [5, 5.41) is 0.